The van der Waals surface area contributed by atoms with Gasteiger partial charge < -0.3 is 10.4 Å². The summed E-state index contributed by atoms with van der Waals surface area (Å²) in [5.41, 5.74) is 0.977. The van der Waals surface area contributed by atoms with E-state index in [4.69, 9.17) is 5.02 Å². The summed E-state index contributed by atoms with van der Waals surface area (Å²) in [4.78, 5) is 0. The second-order valence-electron chi connectivity index (χ2n) is 1.91. The highest BCUT2D eigenvalue weighted by Gasteiger charge is 2.17. The van der Waals surface area contributed by atoms with Crippen LogP contribution in [0.25, 0.3) is 0 Å². The quantitative estimate of drug-likeness (QED) is 0.444. The Kier molecular flexibility index (Phi) is 1.90. The van der Waals surface area contributed by atoms with Gasteiger partial charge in [0.25, 0.3) is 0 Å². The largest absolute Gasteiger partial charge is 0.459 e. The molecule has 0 radical (unpaired) electrons. The Morgan fingerprint density at radius 3 is 3.22 bits per heavy atom. The molecule has 0 aromatic rings. The molecular formula is C5H9BN2O. The normalized spacial score (nSPS) is 22.4. The molecule has 0 fully saturated rings. The molecule has 0 spiro atoms. The lowest BCUT2D eigenvalue weighted by atomic mass is 9.72. The summed E-state index contributed by atoms with van der Waals surface area (Å²) in [6.45, 7) is 1.90. The number of hydrogen-bond donors (Lipinski definition) is 2. The zero-order chi connectivity index (χ0) is 6.69. The second kappa shape index (κ2) is 2.68. The fourth-order valence-electron chi connectivity index (χ4n) is 0.745. The lowest BCUT2D eigenvalue weighted by molar-refractivity contribution is 0.556. The highest BCUT2D eigenvalue weighted by atomic mass is 16.2. The molecule has 4 heteroatoms. The van der Waals surface area contributed by atoms with Gasteiger partial charge in [0.15, 0.2) is 0 Å². The van der Waals surface area contributed by atoms with Gasteiger partial charge in [-0.3, -0.25) is 0 Å². The smallest absolute Gasteiger partial charge is 0.428 e. The van der Waals surface area contributed by atoms with Crippen LogP contribution in [-0.4, -0.2) is 18.3 Å². The summed E-state index contributed by atoms with van der Waals surface area (Å²) in [5, 5.41) is 15.3. The predicted molar refractivity (Wildman–Crippen MR) is 38.0 cm³/mol. The van der Waals surface area contributed by atoms with Gasteiger partial charge in [-0.25, -0.2) is 5.10 Å². The Bertz CT molecular complexity index is 155. The molecule has 1 aliphatic rings. The van der Waals surface area contributed by atoms with Crippen LogP contribution in [0.3, 0.4) is 0 Å². The van der Waals surface area contributed by atoms with Crippen molar-refractivity contribution in [2.75, 3.05) is 0 Å². The topological polar surface area (TPSA) is 44.6 Å². The number of nitrogens with one attached hydrogen (secondary N) is 1. The highest BCUT2D eigenvalue weighted by Crippen LogP contribution is 2.03. The zero-order valence-corrected chi connectivity index (χ0v) is 5.33. The Labute approximate surface area is 54.6 Å². The first-order valence-electron chi connectivity index (χ1n) is 2.95. The number of hydrazone groups is 1. The number of hydrogen-bond acceptors (Lipinski definition) is 3. The lowest BCUT2D eigenvalue weighted by Gasteiger charge is -2.11. The Hall–Kier alpha value is -0.765. The third kappa shape index (κ3) is 1.32. The average Bonchev–Trinajstić information content (AvgIpc) is 1.89. The van der Waals surface area contributed by atoms with Crippen molar-refractivity contribution in [3.63, 3.8) is 0 Å². The molecule has 0 atom stereocenters. The van der Waals surface area contributed by atoms with Crippen molar-refractivity contribution in [3.8, 4) is 0 Å². The van der Waals surface area contributed by atoms with Gasteiger partial charge in [-0.1, -0.05) is 6.08 Å². The van der Waals surface area contributed by atoms with E-state index in [1.165, 1.54) is 0 Å². The second-order valence-corrected chi connectivity index (χ2v) is 1.91. The van der Waals surface area contributed by atoms with E-state index >= 15 is 0 Å². The van der Waals surface area contributed by atoms with Crippen LogP contribution in [0.5, 0.6) is 0 Å². The van der Waals surface area contributed by atoms with E-state index in [2.05, 4.69) is 10.4 Å². The molecule has 0 aromatic carbocycles. The molecule has 0 aliphatic carbocycles. The summed E-state index contributed by atoms with van der Waals surface area (Å²) in [6, 6.07) is 0. The van der Waals surface area contributed by atoms with Crippen LogP contribution in [0.1, 0.15) is 13.3 Å². The minimum Gasteiger partial charge on any atom is -0.428 e. The van der Waals surface area contributed by atoms with Crippen molar-refractivity contribution in [3.05, 3.63) is 11.5 Å². The third-order valence-electron chi connectivity index (χ3n) is 1.34. The van der Waals surface area contributed by atoms with Gasteiger partial charge in [0.1, 0.15) is 0 Å². The maximum Gasteiger partial charge on any atom is 0.459 e. The van der Waals surface area contributed by atoms with Gasteiger partial charge in [-0.2, -0.15) is 0 Å². The average molecular weight is 124 g/mol. The van der Waals surface area contributed by atoms with Gasteiger partial charge >= 0.3 is 7.05 Å². The Balaban J connectivity index is 2.64. The van der Waals surface area contributed by atoms with Crippen molar-refractivity contribution in [1.29, 1.82) is 0 Å². The third-order valence-corrected chi connectivity index (χ3v) is 1.34. The van der Waals surface area contributed by atoms with E-state index in [0.717, 1.165) is 11.9 Å². The standard InChI is InChI=1S/C5H9BN2O/c1-2-5-3-4-7-8-6(5)9/h2,4,8-9H,3H2,1H3/b5-2+. The van der Waals surface area contributed by atoms with Crippen molar-refractivity contribution in [2.45, 2.75) is 13.3 Å². The van der Waals surface area contributed by atoms with Crippen LogP contribution in [0.4, 0.5) is 0 Å². The molecule has 1 heterocycles. The molecule has 1 rings (SSSR count). The van der Waals surface area contributed by atoms with Crippen molar-refractivity contribution < 1.29 is 5.02 Å². The molecule has 0 unspecified atom stereocenters. The van der Waals surface area contributed by atoms with Crippen LogP contribution >= 0.6 is 0 Å². The molecule has 3 nitrogen and oxygen atoms in total. The molecule has 48 valence electrons. The molecule has 0 saturated heterocycles. The summed E-state index contributed by atoms with van der Waals surface area (Å²) >= 11 is 0. The van der Waals surface area contributed by atoms with Gasteiger partial charge in [-0.15, -0.1) is 0 Å². The number of nitrogens with zero attached hydrogens (tertiary/aromatic N) is 1. The molecule has 0 bridgehead atoms. The fraction of sp³-hybridized carbons (Fsp3) is 0.400. The predicted octanol–water partition coefficient (Wildman–Crippen LogP) is -0.0685. The van der Waals surface area contributed by atoms with Crippen LogP contribution < -0.4 is 5.34 Å². The van der Waals surface area contributed by atoms with Gasteiger partial charge in [0.2, 0.25) is 0 Å². The highest BCUT2D eigenvalue weighted by molar-refractivity contribution is 6.57. The van der Waals surface area contributed by atoms with E-state index < -0.39 is 7.05 Å². The number of allylic oxidation sites excluding steroid dienone is 2. The molecule has 0 saturated carbocycles. The number of rotatable bonds is 0. The molecule has 0 aromatic heterocycles. The maximum atomic E-state index is 9.08. The fourth-order valence-corrected chi connectivity index (χ4v) is 0.745. The van der Waals surface area contributed by atoms with E-state index in [1.54, 1.807) is 6.21 Å². The van der Waals surface area contributed by atoms with Gasteiger partial charge in [0.05, 0.1) is 0 Å². The van der Waals surface area contributed by atoms with Crippen LogP contribution in [-0.2, 0) is 0 Å². The van der Waals surface area contributed by atoms with E-state index in [9.17, 15) is 0 Å². The van der Waals surface area contributed by atoms with Gasteiger partial charge in [0, 0.05) is 12.6 Å². The first kappa shape index (κ1) is 6.36. The lowest BCUT2D eigenvalue weighted by Crippen LogP contribution is -2.35. The summed E-state index contributed by atoms with van der Waals surface area (Å²) < 4.78 is 0. The molecular weight excluding hydrogens is 115 g/mol. The van der Waals surface area contributed by atoms with Gasteiger partial charge in [-0.05, 0) is 12.4 Å². The minimum absolute atomic E-state index is 0.569. The van der Waals surface area contributed by atoms with Crippen LogP contribution in [0.15, 0.2) is 16.6 Å². The monoisotopic (exact) mass is 124 g/mol. The zero-order valence-electron chi connectivity index (χ0n) is 5.33. The maximum absolute atomic E-state index is 9.08. The van der Waals surface area contributed by atoms with E-state index in [1.807, 2.05) is 13.0 Å². The minimum atomic E-state index is -0.569. The van der Waals surface area contributed by atoms with Crippen molar-refractivity contribution in [2.24, 2.45) is 5.10 Å². The summed E-state index contributed by atoms with van der Waals surface area (Å²) in [5.74, 6) is 0. The Morgan fingerprint density at radius 1 is 2.00 bits per heavy atom. The van der Waals surface area contributed by atoms with Crippen LogP contribution in [0, 0.1) is 0 Å². The van der Waals surface area contributed by atoms with Crippen molar-refractivity contribution >= 4 is 13.3 Å². The SMILES string of the molecule is C/C=C1\CC=NNB1O. The Morgan fingerprint density at radius 2 is 2.78 bits per heavy atom. The van der Waals surface area contributed by atoms with Crippen LogP contribution in [0.2, 0.25) is 0 Å². The van der Waals surface area contributed by atoms with E-state index in [-0.39, 0.29) is 0 Å². The first-order valence-corrected chi connectivity index (χ1v) is 2.95. The molecule has 0 amide bonds. The molecule has 2 N–H and O–H groups in total. The molecule has 1 aliphatic heterocycles. The molecule has 9 heavy (non-hydrogen) atoms. The van der Waals surface area contributed by atoms with E-state index in [0.29, 0.717) is 0 Å². The van der Waals surface area contributed by atoms with Crippen molar-refractivity contribution in [1.82, 2.24) is 5.34 Å². The summed E-state index contributed by atoms with van der Waals surface area (Å²) in [6.07, 6.45) is 4.38. The summed E-state index contributed by atoms with van der Waals surface area (Å²) in [7, 11) is -0.569. The first-order chi connectivity index (χ1) is 4.34.